The molecule has 0 saturated heterocycles. The summed E-state index contributed by atoms with van der Waals surface area (Å²) in [5, 5.41) is 5.85. The molecular formula is C54H53N3O2. The number of fused-ring (bicyclic) bond motifs is 8. The van der Waals surface area contributed by atoms with E-state index in [0.717, 1.165) is 79.5 Å². The van der Waals surface area contributed by atoms with Crippen molar-refractivity contribution in [3.8, 4) is 28.5 Å². The molecular weight excluding hydrogens is 723 g/mol. The molecule has 59 heavy (non-hydrogen) atoms. The zero-order valence-electron chi connectivity index (χ0n) is 35.5. The monoisotopic (exact) mass is 775 g/mol. The van der Waals surface area contributed by atoms with Gasteiger partial charge in [-0.2, -0.15) is 0 Å². The summed E-state index contributed by atoms with van der Waals surface area (Å²) >= 11 is 0. The molecule has 5 heterocycles. The van der Waals surface area contributed by atoms with E-state index in [1.54, 1.807) is 6.08 Å². The molecule has 5 heteroatoms. The third-order valence-electron chi connectivity index (χ3n) is 10.6. The van der Waals surface area contributed by atoms with Crippen LogP contribution in [0.1, 0.15) is 66.7 Å². The van der Waals surface area contributed by atoms with Crippen molar-refractivity contribution in [2.75, 3.05) is 0 Å². The molecule has 0 aliphatic carbocycles. The van der Waals surface area contributed by atoms with Crippen LogP contribution < -0.4 is 4.74 Å². The third-order valence-corrected chi connectivity index (χ3v) is 10.6. The lowest BCUT2D eigenvalue weighted by Gasteiger charge is -2.21. The molecule has 10 rings (SSSR count). The summed E-state index contributed by atoms with van der Waals surface area (Å²) in [5.74, 6) is 3.50. The minimum atomic E-state index is 0.763. The Labute approximate surface area is 347 Å². The quantitative estimate of drug-likeness (QED) is 0.164. The van der Waals surface area contributed by atoms with E-state index in [4.69, 9.17) is 14.1 Å². The molecule has 0 spiro atoms. The molecule has 0 radical (unpaired) electrons. The molecule has 296 valence electrons. The number of hydrogen-bond donors (Lipinski definition) is 0. The van der Waals surface area contributed by atoms with E-state index in [2.05, 4.69) is 143 Å². The number of hydrogen-bond acceptors (Lipinski definition) is 3. The number of ether oxygens (including phenoxy) is 1. The van der Waals surface area contributed by atoms with Gasteiger partial charge in [0.25, 0.3) is 0 Å². The maximum atomic E-state index is 6.19. The predicted octanol–water partition coefficient (Wildman–Crippen LogP) is 15.8. The van der Waals surface area contributed by atoms with Gasteiger partial charge in [0.05, 0.1) is 27.8 Å². The standard InChI is InChI=1S/C46H33N3O2.C4H8.2C2H6/c1-4-11-29-22-31-23-30(18-20-44(31)50-28(29)3)39-14-10-17-46(47-39)49-41-16-9-7-13-36(41)38-26-37-35-12-6-8-15-40(35)48(42(37)27-43(38)49)33-19-21-45-32(24-33)25-34(5-2)51-45;1-3-4-2;2*1-2/h4-21,23-27H,2,22H2,1,3H3;3-4H,1-2H3;2*1-2H3/b11-4-;4-3-;;. The Morgan fingerprint density at radius 1 is 0.627 bits per heavy atom. The van der Waals surface area contributed by atoms with Crippen LogP contribution in [0.3, 0.4) is 0 Å². The first-order valence-electron chi connectivity index (χ1n) is 20.8. The van der Waals surface area contributed by atoms with Crippen LogP contribution in [0.2, 0.25) is 0 Å². The molecule has 5 nitrogen and oxygen atoms in total. The zero-order chi connectivity index (χ0) is 41.6. The topological polar surface area (TPSA) is 45.1 Å². The second-order valence-corrected chi connectivity index (χ2v) is 13.9. The summed E-state index contributed by atoms with van der Waals surface area (Å²) in [6.45, 7) is 20.0. The molecule has 0 atom stereocenters. The van der Waals surface area contributed by atoms with E-state index < -0.39 is 0 Å². The Morgan fingerprint density at radius 3 is 1.98 bits per heavy atom. The van der Waals surface area contributed by atoms with Gasteiger partial charge in [-0.05, 0) is 124 Å². The van der Waals surface area contributed by atoms with E-state index in [-0.39, 0.29) is 0 Å². The predicted molar refractivity (Wildman–Crippen MR) is 253 cm³/mol. The Morgan fingerprint density at radius 2 is 1.31 bits per heavy atom. The van der Waals surface area contributed by atoms with Crippen molar-refractivity contribution >= 4 is 60.7 Å². The number of pyridine rings is 1. The first-order chi connectivity index (χ1) is 29.0. The molecule has 0 bridgehead atoms. The minimum Gasteiger partial charge on any atom is -0.461 e. The highest BCUT2D eigenvalue weighted by atomic mass is 16.5. The maximum Gasteiger partial charge on any atom is 0.138 e. The molecule has 0 saturated carbocycles. The van der Waals surface area contributed by atoms with E-state index in [0.29, 0.717) is 0 Å². The van der Waals surface area contributed by atoms with Crippen molar-refractivity contribution in [1.29, 1.82) is 0 Å². The van der Waals surface area contributed by atoms with Crippen molar-refractivity contribution in [2.24, 2.45) is 0 Å². The third kappa shape index (κ3) is 7.41. The molecule has 0 N–H and O–H groups in total. The SMILES string of the molecule is C/C=C\C.C=Cc1cc2cc(-n3c4ccccc4c4cc5c6ccccc6n(-c6cccc(-c7ccc8c(c7)CC(/C=C\C)=C(C)O8)n6)c5cc43)ccc2o1.CC.CC. The van der Waals surface area contributed by atoms with Crippen molar-refractivity contribution < 1.29 is 9.15 Å². The highest BCUT2D eigenvalue weighted by Crippen LogP contribution is 2.40. The summed E-state index contributed by atoms with van der Waals surface area (Å²) < 4.78 is 16.8. The molecule has 1 aliphatic heterocycles. The van der Waals surface area contributed by atoms with Crippen LogP contribution in [0.4, 0.5) is 0 Å². The van der Waals surface area contributed by atoms with Crippen molar-refractivity contribution in [2.45, 2.75) is 61.8 Å². The fourth-order valence-electron chi connectivity index (χ4n) is 7.87. The number of para-hydroxylation sites is 2. The van der Waals surface area contributed by atoms with Gasteiger partial charge in [0.15, 0.2) is 0 Å². The van der Waals surface area contributed by atoms with Crippen molar-refractivity contribution in [3.05, 3.63) is 175 Å². The highest BCUT2D eigenvalue weighted by molar-refractivity contribution is 6.19. The fourth-order valence-corrected chi connectivity index (χ4v) is 7.87. The lowest BCUT2D eigenvalue weighted by atomic mass is 9.97. The number of rotatable bonds is 5. The molecule has 0 fully saturated rings. The summed E-state index contributed by atoms with van der Waals surface area (Å²) in [5.41, 5.74) is 10.8. The van der Waals surface area contributed by atoms with Gasteiger partial charge in [0.2, 0.25) is 0 Å². The highest BCUT2D eigenvalue weighted by Gasteiger charge is 2.21. The second-order valence-electron chi connectivity index (χ2n) is 13.9. The number of furan rings is 1. The Kier molecular flexibility index (Phi) is 12.1. The summed E-state index contributed by atoms with van der Waals surface area (Å²) in [6.07, 6.45) is 10.8. The minimum absolute atomic E-state index is 0.763. The van der Waals surface area contributed by atoms with Crippen LogP contribution in [0.15, 0.2) is 168 Å². The first kappa shape index (κ1) is 40.4. The first-order valence-corrected chi connectivity index (χ1v) is 20.8. The van der Waals surface area contributed by atoms with Crippen molar-refractivity contribution in [3.63, 3.8) is 0 Å². The normalized spacial score (nSPS) is 12.3. The molecule has 5 aromatic carbocycles. The smallest absolute Gasteiger partial charge is 0.138 e. The number of aromatic nitrogens is 3. The van der Waals surface area contributed by atoms with E-state index in [1.165, 1.54) is 32.7 Å². The molecule has 0 unspecified atom stereocenters. The van der Waals surface area contributed by atoms with Gasteiger partial charge in [0, 0.05) is 44.6 Å². The number of allylic oxidation sites excluding steroid dienone is 6. The Bertz CT molecular complexity index is 3050. The number of nitrogens with zero attached hydrogens (tertiary/aromatic N) is 3. The fraction of sp³-hybridized carbons (Fsp3) is 0.167. The average molecular weight is 776 g/mol. The van der Waals surface area contributed by atoms with Gasteiger partial charge in [-0.1, -0.05) is 101 Å². The van der Waals surface area contributed by atoms with Crippen LogP contribution in [-0.2, 0) is 6.42 Å². The largest absolute Gasteiger partial charge is 0.461 e. The Hall–Kier alpha value is -6.85. The van der Waals surface area contributed by atoms with Crippen LogP contribution in [0, 0.1) is 0 Å². The van der Waals surface area contributed by atoms with E-state index in [1.807, 2.05) is 73.6 Å². The van der Waals surface area contributed by atoms with Gasteiger partial charge in [-0.3, -0.25) is 4.57 Å². The molecule has 9 aromatic rings. The summed E-state index contributed by atoms with van der Waals surface area (Å²) in [6, 6.07) is 43.1. The van der Waals surface area contributed by atoms with Crippen LogP contribution in [0.25, 0.3) is 83.4 Å². The molecule has 1 aliphatic rings. The maximum absolute atomic E-state index is 6.19. The molecule has 0 amide bonds. The van der Waals surface area contributed by atoms with Gasteiger partial charge < -0.3 is 13.7 Å². The Balaban J connectivity index is 0.000000617. The summed E-state index contributed by atoms with van der Waals surface area (Å²) in [4.78, 5) is 5.32. The molecule has 4 aromatic heterocycles. The van der Waals surface area contributed by atoms with Crippen LogP contribution in [-0.4, -0.2) is 14.1 Å². The van der Waals surface area contributed by atoms with Crippen LogP contribution >= 0.6 is 0 Å². The van der Waals surface area contributed by atoms with Gasteiger partial charge >= 0.3 is 0 Å². The van der Waals surface area contributed by atoms with Gasteiger partial charge in [0.1, 0.15) is 28.7 Å². The van der Waals surface area contributed by atoms with Gasteiger partial charge in [-0.15, -0.1) is 0 Å². The summed E-state index contributed by atoms with van der Waals surface area (Å²) in [7, 11) is 0. The van der Waals surface area contributed by atoms with E-state index >= 15 is 0 Å². The number of benzene rings is 5. The average Bonchev–Trinajstić information content (AvgIpc) is 3.96. The lowest BCUT2D eigenvalue weighted by Crippen LogP contribution is -2.07. The zero-order valence-corrected chi connectivity index (χ0v) is 35.5. The lowest BCUT2D eigenvalue weighted by molar-refractivity contribution is 0.406. The van der Waals surface area contributed by atoms with E-state index in [9.17, 15) is 0 Å². The second kappa shape index (κ2) is 17.7. The van der Waals surface area contributed by atoms with Crippen molar-refractivity contribution in [1.82, 2.24) is 14.1 Å². The van der Waals surface area contributed by atoms with Crippen LogP contribution in [0.5, 0.6) is 5.75 Å². The van der Waals surface area contributed by atoms with Gasteiger partial charge in [-0.25, -0.2) is 4.98 Å².